The highest BCUT2D eigenvalue weighted by Gasteiger charge is 2.23. The van der Waals surface area contributed by atoms with Gasteiger partial charge in [-0.2, -0.15) is 0 Å². The third-order valence-electron chi connectivity index (χ3n) is 3.32. The van der Waals surface area contributed by atoms with Gasteiger partial charge in [0.15, 0.2) is 0 Å². The van der Waals surface area contributed by atoms with Crippen LogP contribution in [-0.4, -0.2) is 22.1 Å². The first-order valence-corrected chi connectivity index (χ1v) is 5.91. The Bertz CT molecular complexity index is 271. The number of hydrazine groups is 1. The molecular weight excluding hydrogens is 186 g/mol. The highest BCUT2D eigenvalue weighted by molar-refractivity contribution is 5.07. The SMILES string of the molecule is CC1CCCC(C)N1NCc1cc[nH]c1. The van der Waals surface area contributed by atoms with E-state index in [0.717, 1.165) is 6.54 Å². The van der Waals surface area contributed by atoms with Gasteiger partial charge >= 0.3 is 0 Å². The molecule has 0 bridgehead atoms. The van der Waals surface area contributed by atoms with E-state index in [0.29, 0.717) is 12.1 Å². The fourth-order valence-corrected chi connectivity index (χ4v) is 2.38. The summed E-state index contributed by atoms with van der Waals surface area (Å²) >= 11 is 0. The van der Waals surface area contributed by atoms with Crippen LogP contribution < -0.4 is 5.43 Å². The van der Waals surface area contributed by atoms with E-state index in [1.54, 1.807) is 0 Å². The average molecular weight is 207 g/mol. The van der Waals surface area contributed by atoms with E-state index in [1.165, 1.54) is 24.8 Å². The van der Waals surface area contributed by atoms with Gasteiger partial charge in [0, 0.05) is 31.0 Å². The molecule has 0 aliphatic carbocycles. The third kappa shape index (κ3) is 2.61. The summed E-state index contributed by atoms with van der Waals surface area (Å²) in [6.07, 6.45) is 8.01. The van der Waals surface area contributed by atoms with Crippen LogP contribution in [0, 0.1) is 0 Å². The van der Waals surface area contributed by atoms with Gasteiger partial charge in [0.25, 0.3) is 0 Å². The second kappa shape index (κ2) is 4.81. The first-order chi connectivity index (χ1) is 7.27. The number of hydrogen-bond donors (Lipinski definition) is 2. The van der Waals surface area contributed by atoms with E-state index < -0.39 is 0 Å². The molecule has 2 heterocycles. The molecule has 1 aromatic rings. The Hall–Kier alpha value is -0.800. The minimum atomic E-state index is 0.660. The minimum absolute atomic E-state index is 0.660. The van der Waals surface area contributed by atoms with Crippen molar-refractivity contribution in [3.05, 3.63) is 24.0 Å². The van der Waals surface area contributed by atoms with E-state index in [9.17, 15) is 0 Å². The second-order valence-corrected chi connectivity index (χ2v) is 4.59. The van der Waals surface area contributed by atoms with Gasteiger partial charge < -0.3 is 4.98 Å². The lowest BCUT2D eigenvalue weighted by molar-refractivity contribution is 0.0436. The summed E-state index contributed by atoms with van der Waals surface area (Å²) in [5.74, 6) is 0. The molecule has 1 fully saturated rings. The Morgan fingerprint density at radius 1 is 1.40 bits per heavy atom. The molecule has 1 saturated heterocycles. The molecule has 15 heavy (non-hydrogen) atoms. The fourth-order valence-electron chi connectivity index (χ4n) is 2.38. The first kappa shape index (κ1) is 10.7. The molecule has 84 valence electrons. The maximum absolute atomic E-state index is 3.54. The molecule has 1 aliphatic heterocycles. The van der Waals surface area contributed by atoms with Crippen molar-refractivity contribution in [1.29, 1.82) is 0 Å². The van der Waals surface area contributed by atoms with Gasteiger partial charge in [-0.1, -0.05) is 6.42 Å². The zero-order valence-corrected chi connectivity index (χ0v) is 9.66. The van der Waals surface area contributed by atoms with Crippen LogP contribution in [0.2, 0.25) is 0 Å². The first-order valence-electron chi connectivity index (χ1n) is 5.91. The van der Waals surface area contributed by atoms with Crippen LogP contribution in [0.1, 0.15) is 38.7 Å². The summed E-state index contributed by atoms with van der Waals surface area (Å²) in [4.78, 5) is 3.08. The predicted molar refractivity (Wildman–Crippen MR) is 62.2 cm³/mol. The molecular formula is C12H21N3. The van der Waals surface area contributed by atoms with Crippen molar-refractivity contribution in [1.82, 2.24) is 15.4 Å². The van der Waals surface area contributed by atoms with E-state index in [4.69, 9.17) is 0 Å². The van der Waals surface area contributed by atoms with E-state index in [2.05, 4.69) is 35.3 Å². The Labute approximate surface area is 91.8 Å². The normalized spacial score (nSPS) is 28.1. The summed E-state index contributed by atoms with van der Waals surface area (Å²) in [7, 11) is 0. The Balaban J connectivity index is 1.86. The zero-order chi connectivity index (χ0) is 10.7. The molecule has 0 aromatic carbocycles. The van der Waals surface area contributed by atoms with Gasteiger partial charge in [-0.3, -0.25) is 5.43 Å². The van der Waals surface area contributed by atoms with Crippen molar-refractivity contribution in [2.75, 3.05) is 0 Å². The Morgan fingerprint density at radius 2 is 2.13 bits per heavy atom. The third-order valence-corrected chi connectivity index (χ3v) is 3.32. The van der Waals surface area contributed by atoms with Crippen LogP contribution in [0.4, 0.5) is 0 Å². The summed E-state index contributed by atoms with van der Waals surface area (Å²) in [6.45, 7) is 5.54. The van der Waals surface area contributed by atoms with Crippen LogP contribution in [-0.2, 0) is 6.54 Å². The maximum Gasteiger partial charge on any atom is 0.0368 e. The molecule has 1 aromatic heterocycles. The minimum Gasteiger partial charge on any atom is -0.367 e. The molecule has 2 atom stereocenters. The van der Waals surface area contributed by atoms with Crippen molar-refractivity contribution in [2.45, 2.75) is 51.7 Å². The van der Waals surface area contributed by atoms with Crippen LogP contribution in [0.15, 0.2) is 18.5 Å². The van der Waals surface area contributed by atoms with Crippen molar-refractivity contribution >= 4 is 0 Å². The number of aromatic amines is 1. The molecule has 3 nitrogen and oxygen atoms in total. The number of piperidine rings is 1. The molecule has 0 radical (unpaired) electrons. The van der Waals surface area contributed by atoms with Crippen LogP contribution in [0.25, 0.3) is 0 Å². The lowest BCUT2D eigenvalue weighted by Gasteiger charge is -2.39. The topological polar surface area (TPSA) is 31.1 Å². The molecule has 2 rings (SSSR count). The monoisotopic (exact) mass is 207 g/mol. The van der Waals surface area contributed by atoms with Gasteiger partial charge in [-0.15, -0.1) is 0 Å². The van der Waals surface area contributed by atoms with Crippen LogP contribution >= 0.6 is 0 Å². The Morgan fingerprint density at radius 3 is 2.73 bits per heavy atom. The fraction of sp³-hybridized carbons (Fsp3) is 0.667. The lowest BCUT2D eigenvalue weighted by atomic mass is 10.00. The maximum atomic E-state index is 3.54. The van der Waals surface area contributed by atoms with Crippen LogP contribution in [0.5, 0.6) is 0 Å². The van der Waals surface area contributed by atoms with Gasteiger partial charge in [0.05, 0.1) is 0 Å². The molecule has 1 aliphatic rings. The summed E-state index contributed by atoms with van der Waals surface area (Å²) in [5.41, 5.74) is 4.86. The molecule has 0 saturated carbocycles. The standard InChI is InChI=1S/C12H21N3/c1-10-4-3-5-11(2)15(10)14-9-12-6-7-13-8-12/h6-8,10-11,13-14H,3-5,9H2,1-2H3. The molecule has 2 unspecified atom stereocenters. The molecule has 0 spiro atoms. The number of H-pyrrole nitrogens is 1. The van der Waals surface area contributed by atoms with Crippen molar-refractivity contribution < 1.29 is 0 Å². The Kier molecular flexibility index (Phi) is 3.44. The number of nitrogens with zero attached hydrogens (tertiary/aromatic N) is 1. The van der Waals surface area contributed by atoms with Gasteiger partial charge in [0.2, 0.25) is 0 Å². The highest BCUT2D eigenvalue weighted by Crippen LogP contribution is 2.20. The average Bonchev–Trinajstić information content (AvgIpc) is 2.70. The summed E-state index contributed by atoms with van der Waals surface area (Å²) in [5, 5.41) is 2.41. The van der Waals surface area contributed by atoms with Gasteiger partial charge in [-0.25, -0.2) is 5.01 Å². The predicted octanol–water partition coefficient (Wildman–Crippen LogP) is 2.28. The van der Waals surface area contributed by atoms with Gasteiger partial charge in [0.1, 0.15) is 0 Å². The van der Waals surface area contributed by atoms with Crippen LogP contribution in [0.3, 0.4) is 0 Å². The number of aromatic nitrogens is 1. The van der Waals surface area contributed by atoms with E-state index in [-0.39, 0.29) is 0 Å². The molecule has 3 heteroatoms. The smallest absolute Gasteiger partial charge is 0.0368 e. The highest BCUT2D eigenvalue weighted by atomic mass is 15.5. The number of hydrogen-bond acceptors (Lipinski definition) is 2. The summed E-state index contributed by atoms with van der Waals surface area (Å²) in [6, 6.07) is 3.44. The van der Waals surface area contributed by atoms with Crippen molar-refractivity contribution in [2.24, 2.45) is 0 Å². The zero-order valence-electron chi connectivity index (χ0n) is 9.66. The van der Waals surface area contributed by atoms with E-state index in [1.807, 2.05) is 12.4 Å². The van der Waals surface area contributed by atoms with Gasteiger partial charge in [-0.05, 0) is 38.3 Å². The van der Waals surface area contributed by atoms with E-state index >= 15 is 0 Å². The largest absolute Gasteiger partial charge is 0.367 e. The summed E-state index contributed by atoms with van der Waals surface area (Å²) < 4.78 is 0. The van der Waals surface area contributed by atoms with Crippen molar-refractivity contribution in [3.63, 3.8) is 0 Å². The molecule has 0 amide bonds. The lowest BCUT2D eigenvalue weighted by Crippen LogP contribution is -2.51. The van der Waals surface area contributed by atoms with Crippen molar-refractivity contribution in [3.8, 4) is 0 Å². The number of nitrogens with one attached hydrogen (secondary N) is 2. The molecule has 2 N–H and O–H groups in total. The number of rotatable bonds is 3. The second-order valence-electron chi connectivity index (χ2n) is 4.59. The quantitative estimate of drug-likeness (QED) is 0.796.